The molecule has 0 radical (unpaired) electrons. The first-order valence-corrected chi connectivity index (χ1v) is 9.41. The fraction of sp³-hybridized carbons (Fsp3) is 0.364. The zero-order valence-electron chi connectivity index (χ0n) is 15.4. The third-order valence-electron chi connectivity index (χ3n) is 4.73. The number of allylic oxidation sites excluding steroid dienone is 1. The van der Waals surface area contributed by atoms with Gasteiger partial charge in [-0.05, 0) is 50.7 Å². The lowest BCUT2D eigenvalue weighted by Crippen LogP contribution is -2.25. The summed E-state index contributed by atoms with van der Waals surface area (Å²) >= 11 is 0. The number of amides is 1. The first kappa shape index (κ1) is 18.2. The van der Waals surface area contributed by atoms with Gasteiger partial charge in [0.25, 0.3) is 5.91 Å². The number of nitrogens with zero attached hydrogens (tertiary/aromatic N) is 1. The summed E-state index contributed by atoms with van der Waals surface area (Å²) in [5, 5.41) is 6.34. The van der Waals surface area contributed by atoms with Crippen LogP contribution < -0.4 is 10.6 Å². The molecule has 0 atom stereocenters. The average Bonchev–Trinajstić information content (AvgIpc) is 2.68. The number of aromatic nitrogens is 1. The smallest absolute Gasteiger partial charge is 0.252 e. The van der Waals surface area contributed by atoms with Crippen LogP contribution in [-0.4, -0.2) is 17.4 Å². The molecule has 4 nitrogen and oxygen atoms in total. The zero-order chi connectivity index (χ0) is 18.2. The maximum atomic E-state index is 12.4. The third-order valence-corrected chi connectivity index (χ3v) is 4.73. The molecule has 0 saturated heterocycles. The molecule has 2 aromatic rings. The number of nitrogens with one attached hydrogen (secondary N) is 2. The van der Waals surface area contributed by atoms with Crippen molar-refractivity contribution in [1.29, 1.82) is 0 Å². The van der Waals surface area contributed by atoms with Crippen LogP contribution in [0.15, 0.2) is 54.4 Å². The minimum atomic E-state index is -0.0621. The Balaban J connectivity index is 1.50. The van der Waals surface area contributed by atoms with Gasteiger partial charge in [0, 0.05) is 25.5 Å². The van der Waals surface area contributed by atoms with Crippen molar-refractivity contribution < 1.29 is 4.79 Å². The van der Waals surface area contributed by atoms with Gasteiger partial charge in [-0.25, -0.2) is 0 Å². The molecule has 4 heteroatoms. The molecule has 3 rings (SSSR count). The molecule has 0 spiro atoms. The van der Waals surface area contributed by atoms with E-state index in [4.69, 9.17) is 0 Å². The van der Waals surface area contributed by atoms with Gasteiger partial charge in [0.2, 0.25) is 0 Å². The summed E-state index contributed by atoms with van der Waals surface area (Å²) < 4.78 is 0. The van der Waals surface area contributed by atoms with Gasteiger partial charge >= 0.3 is 0 Å². The molecular weight excluding hydrogens is 322 g/mol. The summed E-state index contributed by atoms with van der Waals surface area (Å²) in [7, 11) is 0. The van der Waals surface area contributed by atoms with E-state index in [2.05, 4.69) is 52.9 Å². The number of carbonyl (C=O) groups excluding carboxylic acids is 1. The Hall–Kier alpha value is -2.62. The average molecular weight is 349 g/mol. The van der Waals surface area contributed by atoms with Gasteiger partial charge < -0.3 is 10.6 Å². The SMILES string of the molecule is Cc1ccc(CNc2cncc(C(=O)NCCC3=CCCCC3)c2)cc1. The number of pyridine rings is 1. The quantitative estimate of drug-likeness (QED) is 0.717. The summed E-state index contributed by atoms with van der Waals surface area (Å²) in [6, 6.07) is 10.3. The van der Waals surface area contributed by atoms with Crippen LogP contribution in [0.2, 0.25) is 0 Å². The van der Waals surface area contributed by atoms with Gasteiger partial charge in [0.05, 0.1) is 11.3 Å². The maximum Gasteiger partial charge on any atom is 0.252 e. The van der Waals surface area contributed by atoms with Gasteiger partial charge in [-0.3, -0.25) is 9.78 Å². The maximum absolute atomic E-state index is 12.4. The van der Waals surface area contributed by atoms with E-state index in [1.165, 1.54) is 42.4 Å². The first-order chi connectivity index (χ1) is 12.7. The highest BCUT2D eigenvalue weighted by Gasteiger charge is 2.08. The summed E-state index contributed by atoms with van der Waals surface area (Å²) in [5.74, 6) is -0.0621. The van der Waals surface area contributed by atoms with E-state index in [0.29, 0.717) is 18.7 Å². The van der Waals surface area contributed by atoms with Crippen LogP contribution in [0.4, 0.5) is 5.69 Å². The fourth-order valence-corrected chi connectivity index (χ4v) is 3.14. The fourth-order valence-electron chi connectivity index (χ4n) is 3.14. The summed E-state index contributed by atoms with van der Waals surface area (Å²) in [5.41, 5.74) is 5.37. The number of benzene rings is 1. The molecular formula is C22H27N3O. The van der Waals surface area contributed by atoms with Crippen LogP contribution in [0.5, 0.6) is 0 Å². The molecule has 136 valence electrons. The Bertz CT molecular complexity index is 765. The second kappa shape index (κ2) is 9.18. The van der Waals surface area contributed by atoms with Gasteiger partial charge in [0.15, 0.2) is 0 Å². The second-order valence-electron chi connectivity index (χ2n) is 6.92. The molecule has 26 heavy (non-hydrogen) atoms. The first-order valence-electron chi connectivity index (χ1n) is 9.41. The van der Waals surface area contributed by atoms with Crippen LogP contribution in [0.3, 0.4) is 0 Å². The van der Waals surface area contributed by atoms with Crippen LogP contribution in [-0.2, 0) is 6.54 Å². The Morgan fingerprint density at radius 2 is 2.00 bits per heavy atom. The van der Waals surface area contributed by atoms with Crippen LogP contribution in [0.25, 0.3) is 0 Å². The van der Waals surface area contributed by atoms with Crippen LogP contribution >= 0.6 is 0 Å². The van der Waals surface area contributed by atoms with E-state index < -0.39 is 0 Å². The molecule has 1 aromatic carbocycles. The Labute approximate surface area is 155 Å². The van der Waals surface area contributed by atoms with Crippen LogP contribution in [0.1, 0.15) is 53.6 Å². The van der Waals surface area contributed by atoms with Crippen molar-refractivity contribution in [2.75, 3.05) is 11.9 Å². The van der Waals surface area contributed by atoms with Crippen molar-refractivity contribution in [3.63, 3.8) is 0 Å². The van der Waals surface area contributed by atoms with Gasteiger partial charge in [-0.15, -0.1) is 0 Å². The van der Waals surface area contributed by atoms with E-state index in [9.17, 15) is 4.79 Å². The molecule has 1 aliphatic carbocycles. The minimum absolute atomic E-state index is 0.0621. The molecule has 1 heterocycles. The third kappa shape index (κ3) is 5.45. The van der Waals surface area contributed by atoms with E-state index in [1.54, 1.807) is 12.4 Å². The highest BCUT2D eigenvalue weighted by Crippen LogP contribution is 2.19. The molecule has 1 aromatic heterocycles. The van der Waals surface area contributed by atoms with E-state index in [0.717, 1.165) is 12.1 Å². The van der Waals surface area contributed by atoms with Crippen molar-refractivity contribution in [3.05, 3.63) is 71.1 Å². The molecule has 0 bridgehead atoms. The number of carbonyl (C=O) groups is 1. The Kier molecular flexibility index (Phi) is 6.42. The predicted molar refractivity (Wildman–Crippen MR) is 106 cm³/mol. The lowest BCUT2D eigenvalue weighted by atomic mass is 9.97. The summed E-state index contributed by atoms with van der Waals surface area (Å²) in [6.45, 7) is 3.47. The number of aryl methyl sites for hydroxylation is 1. The monoisotopic (exact) mass is 349 g/mol. The number of anilines is 1. The van der Waals surface area contributed by atoms with Crippen molar-refractivity contribution in [2.45, 2.75) is 45.6 Å². The number of hydrogen-bond acceptors (Lipinski definition) is 3. The number of rotatable bonds is 7. The normalized spacial score (nSPS) is 13.8. The lowest BCUT2D eigenvalue weighted by molar-refractivity contribution is 0.0953. The standard InChI is InChI=1S/C22H27N3O/c1-17-7-9-19(10-8-17)14-25-21-13-20(15-23-16-21)22(26)24-12-11-18-5-3-2-4-6-18/h5,7-10,13,15-16,25H,2-4,6,11-12,14H2,1H3,(H,24,26). The Morgan fingerprint density at radius 3 is 2.77 bits per heavy atom. The van der Waals surface area contributed by atoms with Crippen LogP contribution in [0, 0.1) is 6.92 Å². The number of hydrogen-bond donors (Lipinski definition) is 2. The topological polar surface area (TPSA) is 54.0 Å². The molecule has 2 N–H and O–H groups in total. The van der Waals surface area contributed by atoms with Gasteiger partial charge in [-0.1, -0.05) is 41.5 Å². The molecule has 1 amide bonds. The molecule has 0 fully saturated rings. The van der Waals surface area contributed by atoms with Gasteiger partial charge in [0.1, 0.15) is 0 Å². The van der Waals surface area contributed by atoms with Crippen molar-refractivity contribution in [3.8, 4) is 0 Å². The Morgan fingerprint density at radius 1 is 1.15 bits per heavy atom. The molecule has 1 aliphatic rings. The highest BCUT2D eigenvalue weighted by molar-refractivity contribution is 5.94. The second-order valence-corrected chi connectivity index (χ2v) is 6.92. The van der Waals surface area contributed by atoms with E-state index in [1.807, 2.05) is 6.07 Å². The molecule has 0 saturated carbocycles. The van der Waals surface area contributed by atoms with E-state index in [-0.39, 0.29) is 5.91 Å². The van der Waals surface area contributed by atoms with Gasteiger partial charge in [-0.2, -0.15) is 0 Å². The summed E-state index contributed by atoms with van der Waals surface area (Å²) in [6.07, 6.45) is 11.6. The predicted octanol–water partition coefficient (Wildman–Crippen LogP) is 4.62. The largest absolute Gasteiger partial charge is 0.380 e. The minimum Gasteiger partial charge on any atom is -0.380 e. The summed E-state index contributed by atoms with van der Waals surface area (Å²) in [4.78, 5) is 16.5. The lowest BCUT2D eigenvalue weighted by Gasteiger charge is -2.13. The zero-order valence-corrected chi connectivity index (χ0v) is 15.4. The van der Waals surface area contributed by atoms with Crippen molar-refractivity contribution >= 4 is 11.6 Å². The molecule has 0 aliphatic heterocycles. The van der Waals surface area contributed by atoms with Crippen molar-refractivity contribution in [2.24, 2.45) is 0 Å². The molecule has 0 unspecified atom stereocenters. The highest BCUT2D eigenvalue weighted by atomic mass is 16.1. The van der Waals surface area contributed by atoms with Crippen molar-refractivity contribution in [1.82, 2.24) is 10.3 Å². The van der Waals surface area contributed by atoms with E-state index >= 15 is 0 Å².